The quantitative estimate of drug-likeness (QED) is 0.824. The summed E-state index contributed by atoms with van der Waals surface area (Å²) < 4.78 is 26.6. The molecule has 2 aliphatic heterocycles. The summed E-state index contributed by atoms with van der Waals surface area (Å²) >= 11 is 1.19. The van der Waals surface area contributed by atoms with Gasteiger partial charge in [0.05, 0.1) is 0 Å². The molecule has 1 aromatic rings. The van der Waals surface area contributed by atoms with Crippen molar-refractivity contribution in [3.8, 4) is 0 Å². The van der Waals surface area contributed by atoms with Crippen LogP contribution in [0.25, 0.3) is 0 Å². The first-order valence-electron chi connectivity index (χ1n) is 7.15. The summed E-state index contributed by atoms with van der Waals surface area (Å²) in [6, 6.07) is 1.54. The van der Waals surface area contributed by atoms with Gasteiger partial charge >= 0.3 is 0 Å². The van der Waals surface area contributed by atoms with Gasteiger partial charge in [0.25, 0.3) is 5.91 Å². The van der Waals surface area contributed by atoms with E-state index in [9.17, 15) is 13.2 Å². The smallest absolute Gasteiger partial charge is 0.262 e. The number of carbonyl (C=O) groups excluding carboxylic acids is 1. The highest BCUT2D eigenvalue weighted by atomic mass is 32.2. The Kier molecular flexibility index (Phi) is 4.30. The zero-order valence-electron chi connectivity index (χ0n) is 11.7. The van der Waals surface area contributed by atoms with Crippen molar-refractivity contribution in [2.45, 2.75) is 17.7 Å². The monoisotopic (exact) mass is 329 g/mol. The van der Waals surface area contributed by atoms with Crippen molar-refractivity contribution < 1.29 is 13.2 Å². The van der Waals surface area contributed by atoms with Crippen molar-refractivity contribution in [3.63, 3.8) is 0 Å². The summed E-state index contributed by atoms with van der Waals surface area (Å²) in [5.74, 6) is 0.169. The van der Waals surface area contributed by atoms with E-state index < -0.39 is 10.0 Å². The van der Waals surface area contributed by atoms with Crippen LogP contribution in [0.1, 0.15) is 22.5 Å². The van der Waals surface area contributed by atoms with E-state index in [1.807, 2.05) is 0 Å². The molecule has 8 heteroatoms. The normalized spacial score (nSPS) is 20.4. The number of thiophene rings is 1. The maximum absolute atomic E-state index is 12.6. The molecule has 0 radical (unpaired) electrons. The number of sulfonamides is 1. The molecule has 0 atom stereocenters. The molecule has 0 spiro atoms. The molecule has 3 heterocycles. The zero-order chi connectivity index (χ0) is 14.9. The lowest BCUT2D eigenvalue weighted by Crippen LogP contribution is -2.48. The number of rotatable bonds is 5. The van der Waals surface area contributed by atoms with Crippen LogP contribution in [0, 0.1) is 5.92 Å². The second-order valence-electron chi connectivity index (χ2n) is 5.46. The van der Waals surface area contributed by atoms with Crippen LogP contribution < -0.4 is 10.6 Å². The zero-order valence-corrected chi connectivity index (χ0v) is 13.3. The Morgan fingerprint density at radius 3 is 2.71 bits per heavy atom. The van der Waals surface area contributed by atoms with E-state index in [1.54, 1.807) is 5.38 Å². The SMILES string of the molecule is O=C(NCC1CNC1)c1sccc1S(=O)(=O)N1CCCC1. The Bertz CT molecular complexity index is 616. The lowest BCUT2D eigenvalue weighted by molar-refractivity contribution is 0.0943. The molecule has 2 fully saturated rings. The number of hydrogen-bond donors (Lipinski definition) is 2. The third-order valence-electron chi connectivity index (χ3n) is 3.94. The van der Waals surface area contributed by atoms with Crippen LogP contribution in [0.15, 0.2) is 16.3 Å². The van der Waals surface area contributed by atoms with Crippen LogP contribution in [0.4, 0.5) is 0 Å². The van der Waals surface area contributed by atoms with E-state index in [2.05, 4.69) is 10.6 Å². The summed E-state index contributed by atoms with van der Waals surface area (Å²) in [6.07, 6.45) is 1.78. The number of nitrogens with one attached hydrogen (secondary N) is 2. The predicted molar refractivity (Wildman–Crippen MR) is 81.0 cm³/mol. The average molecular weight is 329 g/mol. The van der Waals surface area contributed by atoms with Crippen LogP contribution in [-0.2, 0) is 10.0 Å². The Morgan fingerprint density at radius 1 is 1.38 bits per heavy atom. The molecule has 21 heavy (non-hydrogen) atoms. The van der Waals surface area contributed by atoms with Gasteiger partial charge < -0.3 is 10.6 Å². The maximum Gasteiger partial charge on any atom is 0.262 e. The second kappa shape index (κ2) is 6.04. The van der Waals surface area contributed by atoms with Crippen LogP contribution in [-0.4, -0.2) is 51.4 Å². The van der Waals surface area contributed by atoms with Crippen molar-refractivity contribution in [1.82, 2.24) is 14.9 Å². The lowest BCUT2D eigenvalue weighted by Gasteiger charge is -2.27. The van der Waals surface area contributed by atoms with Crippen molar-refractivity contribution in [2.75, 3.05) is 32.7 Å². The van der Waals surface area contributed by atoms with E-state index in [-0.39, 0.29) is 10.8 Å². The fourth-order valence-electron chi connectivity index (χ4n) is 2.54. The number of carbonyl (C=O) groups is 1. The molecule has 2 aliphatic rings. The van der Waals surface area contributed by atoms with Gasteiger partial charge in [-0.3, -0.25) is 4.79 Å². The van der Waals surface area contributed by atoms with Crippen LogP contribution in [0.2, 0.25) is 0 Å². The summed E-state index contributed by atoms with van der Waals surface area (Å²) in [7, 11) is -3.53. The number of nitrogens with zero attached hydrogens (tertiary/aromatic N) is 1. The summed E-state index contributed by atoms with van der Waals surface area (Å²) in [5.41, 5.74) is 0. The standard InChI is InChI=1S/C13H19N3O3S2/c17-13(15-9-10-7-14-8-10)12-11(3-6-20-12)21(18,19)16-4-1-2-5-16/h3,6,10,14H,1-2,4-5,7-9H2,(H,15,17). The molecule has 116 valence electrons. The molecule has 0 bridgehead atoms. The summed E-state index contributed by atoms with van der Waals surface area (Å²) in [6.45, 7) is 3.50. The third-order valence-corrected chi connectivity index (χ3v) is 6.92. The fraction of sp³-hybridized carbons (Fsp3) is 0.615. The van der Waals surface area contributed by atoms with Gasteiger partial charge in [-0.15, -0.1) is 11.3 Å². The lowest BCUT2D eigenvalue weighted by atomic mass is 10.0. The van der Waals surface area contributed by atoms with Gasteiger partial charge in [-0.05, 0) is 24.3 Å². The predicted octanol–water partition coefficient (Wildman–Crippen LogP) is 0.482. The fourth-order valence-corrected chi connectivity index (χ4v) is 5.38. The molecule has 0 unspecified atom stereocenters. The molecule has 0 saturated carbocycles. The minimum Gasteiger partial charge on any atom is -0.351 e. The van der Waals surface area contributed by atoms with E-state index in [4.69, 9.17) is 0 Å². The Balaban J connectivity index is 1.74. The molecule has 6 nitrogen and oxygen atoms in total. The second-order valence-corrected chi connectivity index (χ2v) is 8.28. The highest BCUT2D eigenvalue weighted by molar-refractivity contribution is 7.89. The highest BCUT2D eigenvalue weighted by Crippen LogP contribution is 2.27. The Labute approximate surface area is 128 Å². The van der Waals surface area contributed by atoms with E-state index >= 15 is 0 Å². The van der Waals surface area contributed by atoms with Crippen LogP contribution in [0.3, 0.4) is 0 Å². The minimum absolute atomic E-state index is 0.152. The minimum atomic E-state index is -3.53. The van der Waals surface area contributed by atoms with Crippen molar-refractivity contribution in [2.24, 2.45) is 5.92 Å². The molecule has 0 aromatic carbocycles. The molecule has 2 N–H and O–H groups in total. The maximum atomic E-state index is 12.6. The van der Waals surface area contributed by atoms with Gasteiger partial charge in [0, 0.05) is 38.6 Å². The Morgan fingerprint density at radius 2 is 2.10 bits per heavy atom. The molecule has 1 aromatic heterocycles. The van der Waals surface area contributed by atoms with Crippen LogP contribution >= 0.6 is 11.3 Å². The van der Waals surface area contributed by atoms with E-state index in [1.165, 1.54) is 21.7 Å². The van der Waals surface area contributed by atoms with Gasteiger partial charge in [-0.1, -0.05) is 0 Å². The largest absolute Gasteiger partial charge is 0.351 e. The van der Waals surface area contributed by atoms with E-state index in [0.717, 1.165) is 25.9 Å². The molecular formula is C13H19N3O3S2. The molecule has 2 saturated heterocycles. The van der Waals surface area contributed by atoms with Crippen molar-refractivity contribution >= 4 is 27.3 Å². The molecule has 0 aliphatic carbocycles. The van der Waals surface area contributed by atoms with Crippen molar-refractivity contribution in [1.29, 1.82) is 0 Å². The Hall–Kier alpha value is -0.960. The first-order valence-corrected chi connectivity index (χ1v) is 9.47. The highest BCUT2D eigenvalue weighted by Gasteiger charge is 2.32. The molecule has 1 amide bonds. The topological polar surface area (TPSA) is 78.5 Å². The third kappa shape index (κ3) is 2.98. The summed E-state index contributed by atoms with van der Waals surface area (Å²) in [5, 5.41) is 7.65. The molecule has 3 rings (SSSR count). The number of amides is 1. The van der Waals surface area contributed by atoms with Gasteiger partial charge in [0.2, 0.25) is 10.0 Å². The first kappa shape index (κ1) is 15.0. The van der Waals surface area contributed by atoms with Gasteiger partial charge in [0.15, 0.2) is 0 Å². The summed E-state index contributed by atoms with van der Waals surface area (Å²) in [4.78, 5) is 12.7. The number of hydrogen-bond acceptors (Lipinski definition) is 5. The van der Waals surface area contributed by atoms with Crippen molar-refractivity contribution in [3.05, 3.63) is 16.3 Å². The van der Waals surface area contributed by atoms with Crippen LogP contribution in [0.5, 0.6) is 0 Å². The first-order chi connectivity index (χ1) is 10.1. The van der Waals surface area contributed by atoms with Gasteiger partial charge in [-0.2, -0.15) is 4.31 Å². The van der Waals surface area contributed by atoms with E-state index in [0.29, 0.717) is 30.4 Å². The average Bonchev–Trinajstić information content (AvgIpc) is 3.08. The van der Waals surface area contributed by atoms with Gasteiger partial charge in [0.1, 0.15) is 9.77 Å². The molecular weight excluding hydrogens is 310 g/mol. The van der Waals surface area contributed by atoms with Gasteiger partial charge in [-0.25, -0.2) is 8.42 Å².